The second kappa shape index (κ2) is 7.50. The zero-order valence-electron chi connectivity index (χ0n) is 11.4. The number of thioether (sulfide) groups is 1. The summed E-state index contributed by atoms with van der Waals surface area (Å²) in [5, 5.41) is 2.87. The average molecular weight is 300 g/mol. The Morgan fingerprint density at radius 2 is 1.67 bits per heavy atom. The van der Waals surface area contributed by atoms with Crippen molar-refractivity contribution in [3.8, 4) is 0 Å². The van der Waals surface area contributed by atoms with Gasteiger partial charge in [-0.1, -0.05) is 42.5 Å². The lowest BCUT2D eigenvalue weighted by atomic mass is 10.2. The fourth-order valence-electron chi connectivity index (χ4n) is 1.80. The van der Waals surface area contributed by atoms with Gasteiger partial charge in [-0.2, -0.15) is 0 Å². The van der Waals surface area contributed by atoms with E-state index in [-0.39, 0.29) is 11.7 Å². The van der Waals surface area contributed by atoms with E-state index in [2.05, 4.69) is 5.32 Å². The van der Waals surface area contributed by atoms with Gasteiger partial charge in [-0.05, 0) is 17.7 Å². The molecule has 0 aliphatic heterocycles. The number of hydrogen-bond donors (Lipinski definition) is 2. The normalized spacial score (nSPS) is 10.1. The van der Waals surface area contributed by atoms with Crippen LogP contribution in [0.5, 0.6) is 0 Å². The van der Waals surface area contributed by atoms with Gasteiger partial charge in [-0.25, -0.2) is 0 Å². The first-order chi connectivity index (χ1) is 10.2. The topological polar surface area (TPSA) is 72.2 Å². The molecule has 0 bridgehead atoms. The van der Waals surface area contributed by atoms with Crippen LogP contribution in [0.3, 0.4) is 0 Å². The van der Waals surface area contributed by atoms with Crippen molar-refractivity contribution < 1.29 is 9.59 Å². The Labute approximate surface area is 127 Å². The largest absolute Gasteiger partial charge is 0.369 e. The third kappa shape index (κ3) is 4.65. The van der Waals surface area contributed by atoms with E-state index in [1.54, 1.807) is 12.1 Å². The smallest absolute Gasteiger partial charge is 0.252 e. The van der Waals surface area contributed by atoms with E-state index in [0.717, 1.165) is 10.5 Å². The molecule has 0 spiro atoms. The van der Waals surface area contributed by atoms with E-state index in [1.807, 2.05) is 42.5 Å². The van der Waals surface area contributed by atoms with Crippen LogP contribution in [0.2, 0.25) is 0 Å². The molecule has 0 unspecified atom stereocenters. The third-order valence-corrected chi connectivity index (χ3v) is 3.89. The molecule has 0 aliphatic carbocycles. The van der Waals surface area contributed by atoms with Crippen LogP contribution < -0.4 is 11.1 Å². The molecule has 0 heterocycles. The van der Waals surface area contributed by atoms with Crippen molar-refractivity contribution in [3.05, 3.63) is 65.7 Å². The molecule has 2 aromatic carbocycles. The van der Waals surface area contributed by atoms with Gasteiger partial charge in [-0.3, -0.25) is 9.59 Å². The molecule has 108 valence electrons. The van der Waals surface area contributed by atoms with Crippen LogP contribution in [0.4, 0.5) is 0 Å². The SMILES string of the molecule is NC(=O)CSc1ccccc1C(=O)NCc1ccccc1. The van der Waals surface area contributed by atoms with Crippen molar-refractivity contribution in [1.82, 2.24) is 5.32 Å². The second-order valence-electron chi connectivity index (χ2n) is 4.42. The molecule has 0 radical (unpaired) electrons. The lowest BCUT2D eigenvalue weighted by Gasteiger charge is -2.09. The van der Waals surface area contributed by atoms with Crippen molar-refractivity contribution in [2.24, 2.45) is 5.73 Å². The molecule has 0 aliphatic rings. The number of nitrogens with one attached hydrogen (secondary N) is 1. The van der Waals surface area contributed by atoms with Gasteiger partial charge in [0, 0.05) is 11.4 Å². The number of carbonyl (C=O) groups is 2. The second-order valence-corrected chi connectivity index (χ2v) is 5.44. The Hall–Kier alpha value is -2.27. The summed E-state index contributed by atoms with van der Waals surface area (Å²) in [6.45, 7) is 0.467. The van der Waals surface area contributed by atoms with E-state index in [9.17, 15) is 9.59 Å². The number of hydrogen-bond acceptors (Lipinski definition) is 3. The van der Waals surface area contributed by atoms with Crippen molar-refractivity contribution in [2.45, 2.75) is 11.4 Å². The lowest BCUT2D eigenvalue weighted by Crippen LogP contribution is -2.23. The van der Waals surface area contributed by atoms with Crippen molar-refractivity contribution >= 4 is 23.6 Å². The molecule has 4 nitrogen and oxygen atoms in total. The zero-order valence-corrected chi connectivity index (χ0v) is 12.2. The number of rotatable bonds is 6. The number of benzene rings is 2. The summed E-state index contributed by atoms with van der Waals surface area (Å²) in [7, 11) is 0. The van der Waals surface area contributed by atoms with E-state index in [0.29, 0.717) is 12.1 Å². The maximum atomic E-state index is 12.2. The fraction of sp³-hybridized carbons (Fsp3) is 0.125. The highest BCUT2D eigenvalue weighted by Gasteiger charge is 2.11. The van der Waals surface area contributed by atoms with Crippen LogP contribution in [0, 0.1) is 0 Å². The van der Waals surface area contributed by atoms with Crippen molar-refractivity contribution in [2.75, 3.05) is 5.75 Å². The molecule has 3 N–H and O–H groups in total. The highest BCUT2D eigenvalue weighted by Crippen LogP contribution is 2.22. The Morgan fingerprint density at radius 1 is 1.00 bits per heavy atom. The molecular weight excluding hydrogens is 284 g/mol. The Morgan fingerprint density at radius 3 is 2.38 bits per heavy atom. The van der Waals surface area contributed by atoms with Gasteiger partial charge in [-0.15, -0.1) is 11.8 Å². The molecule has 0 saturated carbocycles. The monoisotopic (exact) mass is 300 g/mol. The minimum Gasteiger partial charge on any atom is -0.369 e. The van der Waals surface area contributed by atoms with Gasteiger partial charge in [0.25, 0.3) is 5.91 Å². The Bertz CT molecular complexity index is 629. The minimum atomic E-state index is -0.403. The first kappa shape index (κ1) is 15.1. The van der Waals surface area contributed by atoms with Gasteiger partial charge in [0.05, 0.1) is 11.3 Å². The molecule has 0 atom stereocenters. The van der Waals surface area contributed by atoms with Gasteiger partial charge in [0.15, 0.2) is 0 Å². The fourth-order valence-corrected chi connectivity index (χ4v) is 2.59. The first-order valence-corrected chi connectivity index (χ1v) is 7.47. The maximum Gasteiger partial charge on any atom is 0.252 e. The van der Waals surface area contributed by atoms with Crippen LogP contribution in [0.25, 0.3) is 0 Å². The lowest BCUT2D eigenvalue weighted by molar-refractivity contribution is -0.115. The van der Waals surface area contributed by atoms with Gasteiger partial charge >= 0.3 is 0 Å². The predicted molar refractivity (Wildman–Crippen MR) is 84.0 cm³/mol. The maximum absolute atomic E-state index is 12.2. The number of primary amides is 1. The summed E-state index contributed by atoms with van der Waals surface area (Å²) in [4.78, 5) is 23.9. The standard InChI is InChI=1S/C16H16N2O2S/c17-15(19)11-21-14-9-5-4-8-13(14)16(20)18-10-12-6-2-1-3-7-12/h1-9H,10-11H2,(H2,17,19)(H,18,20). The molecule has 21 heavy (non-hydrogen) atoms. The summed E-state index contributed by atoms with van der Waals surface area (Å²) in [6.07, 6.45) is 0. The first-order valence-electron chi connectivity index (χ1n) is 6.49. The number of amides is 2. The molecule has 0 saturated heterocycles. The van der Waals surface area contributed by atoms with Crippen LogP contribution >= 0.6 is 11.8 Å². The predicted octanol–water partition coefficient (Wildman–Crippen LogP) is 2.19. The van der Waals surface area contributed by atoms with Crippen LogP contribution in [0.1, 0.15) is 15.9 Å². The summed E-state index contributed by atoms with van der Waals surface area (Å²) in [5.41, 5.74) is 6.73. The molecule has 2 rings (SSSR count). The zero-order chi connectivity index (χ0) is 15.1. The molecule has 2 amide bonds. The van der Waals surface area contributed by atoms with E-state index >= 15 is 0 Å². The van der Waals surface area contributed by atoms with E-state index in [1.165, 1.54) is 11.8 Å². The Kier molecular flexibility index (Phi) is 5.40. The Balaban J connectivity index is 2.03. The third-order valence-electron chi connectivity index (χ3n) is 2.80. The van der Waals surface area contributed by atoms with Gasteiger partial charge in [0.2, 0.25) is 5.91 Å². The quantitative estimate of drug-likeness (QED) is 0.803. The van der Waals surface area contributed by atoms with Crippen molar-refractivity contribution in [3.63, 3.8) is 0 Å². The number of carbonyl (C=O) groups excluding carboxylic acids is 2. The highest BCUT2D eigenvalue weighted by molar-refractivity contribution is 8.00. The van der Waals surface area contributed by atoms with Crippen molar-refractivity contribution in [1.29, 1.82) is 0 Å². The number of nitrogens with two attached hydrogens (primary N) is 1. The van der Waals surface area contributed by atoms with E-state index < -0.39 is 5.91 Å². The summed E-state index contributed by atoms with van der Waals surface area (Å²) in [6, 6.07) is 16.9. The van der Waals surface area contributed by atoms with Crippen LogP contribution in [-0.2, 0) is 11.3 Å². The van der Waals surface area contributed by atoms with Crippen LogP contribution in [0.15, 0.2) is 59.5 Å². The molecular formula is C16H16N2O2S. The molecule has 2 aromatic rings. The summed E-state index contributed by atoms with van der Waals surface area (Å²) in [5.74, 6) is -0.408. The van der Waals surface area contributed by atoms with Crippen LogP contribution in [-0.4, -0.2) is 17.6 Å². The summed E-state index contributed by atoms with van der Waals surface area (Å²) >= 11 is 1.27. The average Bonchev–Trinajstić information content (AvgIpc) is 2.52. The van der Waals surface area contributed by atoms with E-state index in [4.69, 9.17) is 5.73 Å². The van der Waals surface area contributed by atoms with Gasteiger partial charge < -0.3 is 11.1 Å². The minimum absolute atomic E-state index is 0.156. The molecule has 0 aromatic heterocycles. The highest BCUT2D eigenvalue weighted by atomic mass is 32.2. The van der Waals surface area contributed by atoms with Gasteiger partial charge in [0.1, 0.15) is 0 Å². The summed E-state index contributed by atoms with van der Waals surface area (Å²) < 4.78 is 0. The molecule has 5 heteroatoms. The molecule has 0 fully saturated rings.